The predicted octanol–water partition coefficient (Wildman–Crippen LogP) is 1.56. The lowest BCUT2D eigenvalue weighted by atomic mass is 9.78. The third-order valence-corrected chi connectivity index (χ3v) is 4.20. The van der Waals surface area contributed by atoms with Crippen molar-refractivity contribution in [3.05, 3.63) is 0 Å². The summed E-state index contributed by atoms with van der Waals surface area (Å²) in [6.45, 7) is 8.17. The lowest BCUT2D eigenvalue weighted by molar-refractivity contribution is -0.127. The third-order valence-electron chi connectivity index (χ3n) is 4.20. The fraction of sp³-hybridized carbons (Fsp3) is 0.923. The Hall–Kier alpha value is -0.630. The van der Waals surface area contributed by atoms with Crippen LogP contribution >= 0.6 is 0 Å². The van der Waals surface area contributed by atoms with Crippen LogP contribution in [0.1, 0.15) is 33.1 Å². The first-order valence-electron chi connectivity index (χ1n) is 6.52. The molecule has 0 N–H and O–H groups in total. The molecule has 2 heterocycles. The number of hydrogen-bond donors (Lipinski definition) is 0. The molecule has 0 aliphatic carbocycles. The van der Waals surface area contributed by atoms with Crippen LogP contribution in [0.15, 0.2) is 0 Å². The molecule has 0 aromatic carbocycles. The first-order valence-corrected chi connectivity index (χ1v) is 6.52. The summed E-state index contributed by atoms with van der Waals surface area (Å²) in [6, 6.07) is 2.57. The van der Waals surface area contributed by atoms with E-state index in [-0.39, 0.29) is 11.1 Å². The molecule has 4 heteroatoms. The van der Waals surface area contributed by atoms with E-state index in [1.807, 2.05) is 0 Å². The molecule has 0 spiro atoms. The average Bonchev–Trinajstić information content (AvgIpc) is 2.40. The lowest BCUT2D eigenvalue weighted by Gasteiger charge is -2.48. The second-order valence-corrected chi connectivity index (χ2v) is 5.32. The van der Waals surface area contributed by atoms with Crippen LogP contribution in [0.5, 0.6) is 0 Å². The third kappa shape index (κ3) is 2.47. The molecule has 2 aliphatic heterocycles. The molecular weight excluding hydrogens is 216 g/mol. The van der Waals surface area contributed by atoms with Gasteiger partial charge in [0, 0.05) is 25.9 Å². The van der Waals surface area contributed by atoms with Crippen molar-refractivity contribution < 1.29 is 9.47 Å². The minimum Gasteiger partial charge on any atom is -0.379 e. The smallest absolute Gasteiger partial charge is 0.114 e. The van der Waals surface area contributed by atoms with Crippen LogP contribution < -0.4 is 0 Å². The van der Waals surface area contributed by atoms with Crippen LogP contribution in [0.4, 0.5) is 0 Å². The van der Waals surface area contributed by atoms with Crippen LogP contribution in [0.3, 0.4) is 0 Å². The van der Waals surface area contributed by atoms with Gasteiger partial charge in [-0.25, -0.2) is 0 Å². The van der Waals surface area contributed by atoms with Gasteiger partial charge >= 0.3 is 0 Å². The van der Waals surface area contributed by atoms with E-state index < -0.39 is 0 Å². The summed E-state index contributed by atoms with van der Waals surface area (Å²) < 4.78 is 11.2. The first-order chi connectivity index (χ1) is 8.14. The maximum Gasteiger partial charge on any atom is 0.114 e. The molecule has 2 aliphatic rings. The van der Waals surface area contributed by atoms with E-state index in [1.54, 1.807) is 0 Å². The van der Waals surface area contributed by atoms with Crippen molar-refractivity contribution in [1.82, 2.24) is 4.90 Å². The summed E-state index contributed by atoms with van der Waals surface area (Å²) in [7, 11) is 0. The number of nitrogens with zero attached hydrogens (tertiary/aromatic N) is 2. The summed E-state index contributed by atoms with van der Waals surface area (Å²) >= 11 is 0. The Labute approximate surface area is 103 Å². The van der Waals surface area contributed by atoms with Gasteiger partial charge < -0.3 is 9.47 Å². The van der Waals surface area contributed by atoms with Crippen LogP contribution in [0.2, 0.25) is 0 Å². The molecule has 2 saturated heterocycles. The standard InChI is InChI=1S/C13H22N2O2/c1-3-12(2)10-13(11-14,4-7-17-12)15-5-8-16-9-6-15/h3-10H2,1-2H3. The normalized spacial score (nSPS) is 39.8. The van der Waals surface area contributed by atoms with E-state index in [1.165, 1.54) is 0 Å². The fourth-order valence-corrected chi connectivity index (χ4v) is 2.88. The van der Waals surface area contributed by atoms with Crippen molar-refractivity contribution in [3.8, 4) is 6.07 Å². The van der Waals surface area contributed by atoms with Gasteiger partial charge in [0.1, 0.15) is 5.54 Å². The molecular formula is C13H22N2O2. The second kappa shape index (κ2) is 4.93. The fourth-order valence-electron chi connectivity index (χ4n) is 2.88. The zero-order chi connectivity index (χ0) is 12.4. The minimum atomic E-state index is -0.340. The van der Waals surface area contributed by atoms with Crippen molar-refractivity contribution >= 4 is 0 Å². The molecule has 0 aromatic heterocycles. The minimum absolute atomic E-state index is 0.147. The van der Waals surface area contributed by atoms with Gasteiger partial charge in [-0.2, -0.15) is 5.26 Å². The topological polar surface area (TPSA) is 45.5 Å². The van der Waals surface area contributed by atoms with E-state index in [2.05, 4.69) is 24.8 Å². The van der Waals surface area contributed by atoms with Crippen LogP contribution in [-0.2, 0) is 9.47 Å². The molecule has 2 rings (SSSR count). The Morgan fingerprint density at radius 3 is 2.59 bits per heavy atom. The van der Waals surface area contributed by atoms with Crippen molar-refractivity contribution in [2.45, 2.75) is 44.2 Å². The molecule has 0 saturated carbocycles. The van der Waals surface area contributed by atoms with E-state index in [9.17, 15) is 5.26 Å². The van der Waals surface area contributed by atoms with Gasteiger partial charge in [-0.05, 0) is 13.3 Å². The molecule has 17 heavy (non-hydrogen) atoms. The largest absolute Gasteiger partial charge is 0.379 e. The highest BCUT2D eigenvalue weighted by atomic mass is 16.5. The highest BCUT2D eigenvalue weighted by Crippen LogP contribution is 2.38. The zero-order valence-corrected chi connectivity index (χ0v) is 10.9. The maximum absolute atomic E-state index is 9.63. The molecule has 96 valence electrons. The number of morpholine rings is 1. The van der Waals surface area contributed by atoms with Gasteiger partial charge in [-0.3, -0.25) is 4.90 Å². The highest BCUT2D eigenvalue weighted by Gasteiger charge is 2.46. The molecule has 4 nitrogen and oxygen atoms in total. The summed E-state index contributed by atoms with van der Waals surface area (Å²) in [5, 5.41) is 9.63. The van der Waals surface area contributed by atoms with Crippen molar-refractivity contribution in [2.75, 3.05) is 32.9 Å². The second-order valence-electron chi connectivity index (χ2n) is 5.32. The van der Waals surface area contributed by atoms with Gasteiger partial charge in [0.15, 0.2) is 0 Å². The SMILES string of the molecule is CCC1(C)CC(C#N)(N2CCOCC2)CCO1. The predicted molar refractivity (Wildman–Crippen MR) is 64.6 cm³/mol. The number of hydrogen-bond acceptors (Lipinski definition) is 4. The van der Waals surface area contributed by atoms with E-state index in [0.717, 1.165) is 45.6 Å². The van der Waals surface area contributed by atoms with Gasteiger partial charge in [0.25, 0.3) is 0 Å². The van der Waals surface area contributed by atoms with Gasteiger partial charge in [0.05, 0.1) is 31.5 Å². The van der Waals surface area contributed by atoms with Crippen molar-refractivity contribution in [2.24, 2.45) is 0 Å². The molecule has 0 radical (unpaired) electrons. The Morgan fingerprint density at radius 1 is 1.29 bits per heavy atom. The summed E-state index contributed by atoms with van der Waals surface area (Å²) in [6.07, 6.45) is 2.59. The van der Waals surface area contributed by atoms with Crippen LogP contribution in [0.25, 0.3) is 0 Å². The van der Waals surface area contributed by atoms with Crippen LogP contribution in [-0.4, -0.2) is 49.0 Å². The van der Waals surface area contributed by atoms with Gasteiger partial charge in [-0.1, -0.05) is 6.92 Å². The molecule has 2 unspecified atom stereocenters. The van der Waals surface area contributed by atoms with Crippen molar-refractivity contribution in [3.63, 3.8) is 0 Å². The maximum atomic E-state index is 9.63. The number of ether oxygens (including phenoxy) is 2. The first kappa shape index (κ1) is 12.8. The highest BCUT2D eigenvalue weighted by molar-refractivity contribution is 5.13. The van der Waals surface area contributed by atoms with Crippen molar-refractivity contribution in [1.29, 1.82) is 5.26 Å². The van der Waals surface area contributed by atoms with Gasteiger partial charge in [0.2, 0.25) is 0 Å². The average molecular weight is 238 g/mol. The summed E-state index contributed by atoms with van der Waals surface area (Å²) in [5.74, 6) is 0. The number of rotatable bonds is 2. The van der Waals surface area contributed by atoms with E-state index in [0.29, 0.717) is 6.61 Å². The molecule has 0 aromatic rings. The number of nitriles is 1. The monoisotopic (exact) mass is 238 g/mol. The quantitative estimate of drug-likeness (QED) is 0.732. The Morgan fingerprint density at radius 2 is 2.00 bits per heavy atom. The summed E-state index contributed by atoms with van der Waals surface area (Å²) in [4.78, 5) is 2.30. The zero-order valence-electron chi connectivity index (χ0n) is 10.9. The van der Waals surface area contributed by atoms with E-state index in [4.69, 9.17) is 9.47 Å². The Bertz CT molecular complexity index is 309. The Kier molecular flexibility index (Phi) is 3.72. The van der Waals surface area contributed by atoms with Gasteiger partial charge in [-0.15, -0.1) is 0 Å². The molecule has 0 bridgehead atoms. The molecule has 0 amide bonds. The Balaban J connectivity index is 2.15. The summed E-state index contributed by atoms with van der Waals surface area (Å²) in [5.41, 5.74) is -0.487. The molecule has 2 fully saturated rings. The van der Waals surface area contributed by atoms with Crippen LogP contribution in [0, 0.1) is 11.3 Å². The molecule has 2 atom stereocenters. The van der Waals surface area contributed by atoms with E-state index >= 15 is 0 Å². The lowest BCUT2D eigenvalue weighted by Crippen LogP contribution is -2.59.